The third-order valence-corrected chi connectivity index (χ3v) is 2.55. The topological polar surface area (TPSA) is 17.1 Å². The van der Waals surface area contributed by atoms with Gasteiger partial charge in [0.15, 0.2) is 0 Å². The second-order valence-electron chi connectivity index (χ2n) is 2.63. The molecular formula is C9H8BrFOS. The van der Waals surface area contributed by atoms with Crippen LogP contribution in [0.4, 0.5) is 4.39 Å². The molecule has 0 aliphatic carbocycles. The molecule has 0 heterocycles. The van der Waals surface area contributed by atoms with Crippen LogP contribution in [0.1, 0.15) is 5.56 Å². The number of carbonyl (C=O) groups is 1. The van der Waals surface area contributed by atoms with E-state index in [4.69, 9.17) is 0 Å². The van der Waals surface area contributed by atoms with Gasteiger partial charge in [0.05, 0.1) is 5.33 Å². The second kappa shape index (κ2) is 4.77. The second-order valence-corrected chi connectivity index (χ2v) is 3.68. The van der Waals surface area contributed by atoms with Crippen molar-refractivity contribution in [2.45, 2.75) is 11.3 Å². The van der Waals surface area contributed by atoms with Gasteiger partial charge in [0.25, 0.3) is 0 Å². The van der Waals surface area contributed by atoms with E-state index < -0.39 is 0 Å². The molecule has 0 amide bonds. The number of hydrogen-bond acceptors (Lipinski definition) is 2. The fraction of sp³-hybridized carbons (Fsp3) is 0.222. The van der Waals surface area contributed by atoms with Crippen molar-refractivity contribution < 1.29 is 9.18 Å². The Morgan fingerprint density at radius 1 is 1.54 bits per heavy atom. The van der Waals surface area contributed by atoms with E-state index >= 15 is 0 Å². The number of rotatable bonds is 3. The number of halogens is 2. The van der Waals surface area contributed by atoms with Crippen molar-refractivity contribution in [1.29, 1.82) is 0 Å². The number of benzene rings is 1. The van der Waals surface area contributed by atoms with Gasteiger partial charge in [-0.05, 0) is 17.7 Å². The molecular weight excluding hydrogens is 255 g/mol. The summed E-state index contributed by atoms with van der Waals surface area (Å²) in [6.07, 6.45) is 0.260. The van der Waals surface area contributed by atoms with Gasteiger partial charge in [-0.25, -0.2) is 4.39 Å². The summed E-state index contributed by atoms with van der Waals surface area (Å²) in [6, 6.07) is 4.59. The van der Waals surface area contributed by atoms with Gasteiger partial charge >= 0.3 is 0 Å². The first kappa shape index (κ1) is 10.7. The normalized spacial score (nSPS) is 10.1. The van der Waals surface area contributed by atoms with E-state index in [0.29, 0.717) is 15.8 Å². The maximum Gasteiger partial charge on any atom is 0.147 e. The average Bonchev–Trinajstić information content (AvgIpc) is 2.11. The molecule has 0 bridgehead atoms. The molecule has 4 heteroatoms. The summed E-state index contributed by atoms with van der Waals surface area (Å²) < 4.78 is 12.9. The van der Waals surface area contributed by atoms with Crippen LogP contribution in [0.5, 0.6) is 0 Å². The van der Waals surface area contributed by atoms with Crippen molar-refractivity contribution in [3.05, 3.63) is 29.6 Å². The van der Waals surface area contributed by atoms with E-state index in [0.717, 1.165) is 0 Å². The lowest BCUT2D eigenvalue weighted by Gasteiger charge is -2.00. The minimum atomic E-state index is -0.386. The molecule has 70 valence electrons. The molecule has 0 aromatic heterocycles. The monoisotopic (exact) mass is 262 g/mol. The molecule has 1 aromatic carbocycles. The molecule has 0 aliphatic heterocycles. The summed E-state index contributed by atoms with van der Waals surface area (Å²) in [6.45, 7) is 0. The van der Waals surface area contributed by atoms with Gasteiger partial charge in [-0.1, -0.05) is 22.0 Å². The molecule has 0 N–H and O–H groups in total. The fourth-order valence-corrected chi connectivity index (χ4v) is 1.27. The highest BCUT2D eigenvalue weighted by atomic mass is 79.9. The zero-order valence-corrected chi connectivity index (χ0v) is 9.24. The predicted octanol–water partition coefficient (Wildman–Crippen LogP) is 2.62. The molecule has 0 radical (unpaired) electrons. The predicted molar refractivity (Wildman–Crippen MR) is 56.2 cm³/mol. The van der Waals surface area contributed by atoms with E-state index in [2.05, 4.69) is 28.6 Å². The fourth-order valence-electron chi connectivity index (χ4n) is 0.935. The van der Waals surface area contributed by atoms with E-state index in [1.165, 1.54) is 6.07 Å². The minimum Gasteiger partial charge on any atom is -0.298 e. The first-order valence-corrected chi connectivity index (χ1v) is 5.25. The molecule has 0 saturated heterocycles. The molecule has 0 atom stereocenters. The van der Waals surface area contributed by atoms with Gasteiger partial charge in [-0.2, -0.15) is 0 Å². The molecule has 0 spiro atoms. The quantitative estimate of drug-likeness (QED) is 0.655. The molecule has 0 unspecified atom stereocenters. The zero-order chi connectivity index (χ0) is 9.84. The molecule has 0 aliphatic rings. The van der Waals surface area contributed by atoms with Crippen molar-refractivity contribution in [3.63, 3.8) is 0 Å². The Labute approximate surface area is 89.9 Å². The molecule has 1 nitrogen and oxygen atoms in total. The molecule has 0 fully saturated rings. The highest BCUT2D eigenvalue weighted by Gasteiger charge is 2.04. The maximum atomic E-state index is 12.9. The largest absolute Gasteiger partial charge is 0.298 e. The first-order valence-electron chi connectivity index (χ1n) is 3.68. The van der Waals surface area contributed by atoms with Crippen molar-refractivity contribution in [2.24, 2.45) is 0 Å². The first-order chi connectivity index (χ1) is 6.13. The van der Waals surface area contributed by atoms with Crippen LogP contribution in [0.3, 0.4) is 0 Å². The van der Waals surface area contributed by atoms with Crippen molar-refractivity contribution in [3.8, 4) is 0 Å². The molecule has 13 heavy (non-hydrogen) atoms. The van der Waals surface area contributed by atoms with Crippen LogP contribution in [0.2, 0.25) is 0 Å². The molecule has 1 rings (SSSR count). The Balaban J connectivity index is 2.79. The Hall–Kier alpha value is -0.350. The maximum absolute atomic E-state index is 12.9. The number of Topliss-reactive ketones (excluding diaryl/α,β-unsaturated/α-hetero) is 1. The van der Waals surface area contributed by atoms with Gasteiger partial charge in [-0.15, -0.1) is 12.6 Å². The van der Waals surface area contributed by atoms with Crippen molar-refractivity contribution in [2.75, 3.05) is 5.33 Å². The highest BCUT2D eigenvalue weighted by Crippen LogP contribution is 2.14. The van der Waals surface area contributed by atoms with Crippen LogP contribution >= 0.6 is 28.6 Å². The van der Waals surface area contributed by atoms with Crippen LogP contribution < -0.4 is 0 Å². The van der Waals surface area contributed by atoms with Crippen LogP contribution in [-0.4, -0.2) is 11.1 Å². The summed E-state index contributed by atoms with van der Waals surface area (Å²) in [7, 11) is 0. The van der Waals surface area contributed by atoms with Gasteiger partial charge in [0.1, 0.15) is 11.6 Å². The lowest BCUT2D eigenvalue weighted by atomic mass is 10.1. The highest BCUT2D eigenvalue weighted by molar-refractivity contribution is 9.09. The van der Waals surface area contributed by atoms with Crippen LogP contribution in [-0.2, 0) is 11.2 Å². The van der Waals surface area contributed by atoms with Crippen molar-refractivity contribution in [1.82, 2.24) is 0 Å². The molecule has 0 saturated carbocycles. The van der Waals surface area contributed by atoms with Gasteiger partial charge in [-0.3, -0.25) is 4.79 Å². The van der Waals surface area contributed by atoms with Gasteiger partial charge in [0.2, 0.25) is 0 Å². The summed E-state index contributed by atoms with van der Waals surface area (Å²) in [5.41, 5.74) is 0.680. The van der Waals surface area contributed by atoms with Gasteiger partial charge in [0, 0.05) is 11.3 Å². The van der Waals surface area contributed by atoms with Crippen LogP contribution in [0, 0.1) is 5.82 Å². The smallest absolute Gasteiger partial charge is 0.147 e. The summed E-state index contributed by atoms with van der Waals surface area (Å²) in [4.78, 5) is 11.3. The van der Waals surface area contributed by atoms with Crippen LogP contribution in [0.15, 0.2) is 23.1 Å². The summed E-state index contributed by atoms with van der Waals surface area (Å²) >= 11 is 6.94. The SMILES string of the molecule is O=C(CBr)Cc1ccc(S)c(F)c1. The summed E-state index contributed by atoms with van der Waals surface area (Å²) in [5, 5.41) is 0.303. The Morgan fingerprint density at radius 3 is 2.77 bits per heavy atom. The number of thiol groups is 1. The standard InChI is InChI=1S/C9H8BrFOS/c10-5-7(12)3-6-1-2-9(13)8(11)4-6/h1-2,4,13H,3,5H2. The molecule has 1 aromatic rings. The average molecular weight is 263 g/mol. The Morgan fingerprint density at radius 2 is 2.23 bits per heavy atom. The van der Waals surface area contributed by atoms with E-state index in [1.807, 2.05) is 0 Å². The zero-order valence-electron chi connectivity index (χ0n) is 6.76. The van der Waals surface area contributed by atoms with Crippen LogP contribution in [0.25, 0.3) is 0 Å². The lowest BCUT2D eigenvalue weighted by Crippen LogP contribution is -2.03. The summed E-state index contributed by atoms with van der Waals surface area (Å²) in [5.74, 6) is -0.352. The number of ketones is 1. The minimum absolute atomic E-state index is 0.0336. The van der Waals surface area contributed by atoms with E-state index in [9.17, 15) is 9.18 Å². The number of alkyl halides is 1. The number of hydrogen-bond donors (Lipinski definition) is 1. The number of carbonyl (C=O) groups excluding carboxylic acids is 1. The van der Waals surface area contributed by atoms with E-state index in [1.54, 1.807) is 12.1 Å². The van der Waals surface area contributed by atoms with Gasteiger partial charge < -0.3 is 0 Å². The Kier molecular flexibility index (Phi) is 3.93. The lowest BCUT2D eigenvalue weighted by molar-refractivity contribution is -0.115. The Bertz CT molecular complexity index is 327. The third-order valence-electron chi connectivity index (χ3n) is 1.56. The third kappa shape index (κ3) is 3.12. The van der Waals surface area contributed by atoms with E-state index in [-0.39, 0.29) is 18.0 Å². The van der Waals surface area contributed by atoms with Crippen molar-refractivity contribution >= 4 is 34.3 Å².